The summed E-state index contributed by atoms with van der Waals surface area (Å²) >= 11 is 0. The Morgan fingerprint density at radius 1 is 1.00 bits per heavy atom. The van der Waals surface area contributed by atoms with Gasteiger partial charge in [0.2, 0.25) is 26.0 Å². The number of amides is 1. The summed E-state index contributed by atoms with van der Waals surface area (Å²) in [6, 6.07) is 10.0. The van der Waals surface area contributed by atoms with Gasteiger partial charge in [-0.05, 0) is 37.3 Å². The molecule has 158 valence electrons. The van der Waals surface area contributed by atoms with Crippen LogP contribution in [0.2, 0.25) is 0 Å². The number of benzene rings is 2. The third kappa shape index (κ3) is 5.45. The number of anilines is 3. The molecule has 0 heterocycles. The number of hydrogen-bond donors (Lipinski definition) is 1. The van der Waals surface area contributed by atoms with E-state index in [4.69, 9.17) is 0 Å². The van der Waals surface area contributed by atoms with E-state index < -0.39 is 37.8 Å². The van der Waals surface area contributed by atoms with E-state index in [0.29, 0.717) is 9.99 Å². The second-order valence-corrected chi connectivity index (χ2v) is 10.3. The van der Waals surface area contributed by atoms with Crippen molar-refractivity contribution in [3.63, 3.8) is 0 Å². The van der Waals surface area contributed by atoms with Gasteiger partial charge in [-0.15, -0.1) is 0 Å². The van der Waals surface area contributed by atoms with Crippen LogP contribution in [0.5, 0.6) is 0 Å². The van der Waals surface area contributed by atoms with Crippen molar-refractivity contribution in [3.05, 3.63) is 54.3 Å². The molecule has 0 spiro atoms. The molecule has 0 radical (unpaired) electrons. The maximum Gasteiger partial charge on any atom is 0.247 e. The van der Waals surface area contributed by atoms with Gasteiger partial charge in [0.1, 0.15) is 11.9 Å². The molecule has 0 aromatic heterocycles. The zero-order valence-corrected chi connectivity index (χ0v) is 18.0. The highest BCUT2D eigenvalue weighted by Crippen LogP contribution is 2.25. The average Bonchev–Trinajstić information content (AvgIpc) is 2.61. The Labute approximate surface area is 170 Å². The first-order valence-electron chi connectivity index (χ1n) is 8.41. The van der Waals surface area contributed by atoms with E-state index in [0.717, 1.165) is 22.9 Å². The number of carbonyl (C=O) groups excluding carboxylic acids is 1. The van der Waals surface area contributed by atoms with Crippen molar-refractivity contribution in [3.8, 4) is 0 Å². The van der Waals surface area contributed by atoms with E-state index in [1.165, 1.54) is 44.3 Å². The first kappa shape index (κ1) is 22.6. The minimum Gasteiger partial charge on any atom is -0.324 e. The van der Waals surface area contributed by atoms with Crippen molar-refractivity contribution in [2.24, 2.45) is 0 Å². The van der Waals surface area contributed by atoms with Crippen molar-refractivity contribution >= 4 is 43.0 Å². The lowest BCUT2D eigenvalue weighted by Gasteiger charge is -2.28. The Morgan fingerprint density at radius 2 is 1.62 bits per heavy atom. The maximum absolute atomic E-state index is 14.2. The maximum atomic E-state index is 14.2. The molecular weight excluding hydrogens is 421 g/mol. The molecule has 1 unspecified atom stereocenters. The molecule has 29 heavy (non-hydrogen) atoms. The molecule has 2 rings (SSSR count). The summed E-state index contributed by atoms with van der Waals surface area (Å²) in [5.74, 6) is -1.49. The van der Waals surface area contributed by atoms with Crippen LogP contribution in [0.15, 0.2) is 48.5 Å². The lowest BCUT2D eigenvalue weighted by molar-refractivity contribution is -0.116. The summed E-state index contributed by atoms with van der Waals surface area (Å²) in [5.41, 5.74) is 0.326. The molecule has 1 N–H and O–H groups in total. The predicted octanol–water partition coefficient (Wildman–Crippen LogP) is 2.01. The Bertz CT molecular complexity index is 1120. The van der Waals surface area contributed by atoms with Crippen LogP contribution in [0.4, 0.5) is 21.5 Å². The molecule has 1 atom stereocenters. The van der Waals surface area contributed by atoms with Gasteiger partial charge >= 0.3 is 0 Å². The third-order valence-electron chi connectivity index (χ3n) is 4.15. The predicted molar refractivity (Wildman–Crippen MR) is 112 cm³/mol. The minimum absolute atomic E-state index is 0.247. The van der Waals surface area contributed by atoms with Crippen LogP contribution in [0.3, 0.4) is 0 Å². The van der Waals surface area contributed by atoms with Crippen molar-refractivity contribution in [1.29, 1.82) is 0 Å². The highest BCUT2D eigenvalue weighted by Gasteiger charge is 2.31. The zero-order chi connectivity index (χ0) is 22.0. The van der Waals surface area contributed by atoms with Crippen LogP contribution >= 0.6 is 0 Å². The van der Waals surface area contributed by atoms with Gasteiger partial charge in [0.15, 0.2) is 0 Å². The summed E-state index contributed by atoms with van der Waals surface area (Å²) in [5, 5.41) is 2.54. The molecule has 11 heteroatoms. The standard InChI is InChI=1S/C18H22FN3O5S2/c1-13(22(29(4,26)27)17-11-6-5-10-16(17)19)18(23)20-14-8-7-9-15(12-14)21(2)28(3,24)25/h5-13H,1-4H3,(H,20,23). The van der Waals surface area contributed by atoms with Gasteiger partial charge in [-0.2, -0.15) is 0 Å². The molecule has 0 saturated carbocycles. The van der Waals surface area contributed by atoms with E-state index in [2.05, 4.69) is 5.32 Å². The fraction of sp³-hybridized carbons (Fsp3) is 0.278. The number of nitrogens with zero attached hydrogens (tertiary/aromatic N) is 2. The van der Waals surface area contributed by atoms with Gasteiger partial charge in [0.05, 0.1) is 23.9 Å². The highest BCUT2D eigenvalue weighted by molar-refractivity contribution is 7.92. The van der Waals surface area contributed by atoms with Crippen LogP contribution in [-0.2, 0) is 24.8 Å². The second kappa shape index (κ2) is 8.37. The number of carbonyl (C=O) groups is 1. The topological polar surface area (TPSA) is 104 Å². The molecule has 2 aromatic carbocycles. The van der Waals surface area contributed by atoms with Crippen LogP contribution in [0, 0.1) is 5.82 Å². The molecule has 0 aliphatic rings. The van der Waals surface area contributed by atoms with Crippen molar-refractivity contribution < 1.29 is 26.0 Å². The van der Waals surface area contributed by atoms with Gasteiger partial charge in [-0.25, -0.2) is 21.2 Å². The normalized spacial score (nSPS) is 12.9. The Kier molecular flexibility index (Phi) is 6.53. The Balaban J connectivity index is 2.33. The largest absolute Gasteiger partial charge is 0.324 e. The highest BCUT2D eigenvalue weighted by atomic mass is 32.2. The van der Waals surface area contributed by atoms with E-state index in [1.807, 2.05) is 0 Å². The number of nitrogens with one attached hydrogen (secondary N) is 1. The quantitative estimate of drug-likeness (QED) is 0.705. The van der Waals surface area contributed by atoms with Crippen LogP contribution in [0.1, 0.15) is 6.92 Å². The summed E-state index contributed by atoms with van der Waals surface area (Å²) in [7, 11) is -6.11. The molecule has 0 aliphatic carbocycles. The van der Waals surface area contributed by atoms with E-state index >= 15 is 0 Å². The number of para-hydroxylation sites is 1. The molecule has 8 nitrogen and oxygen atoms in total. The summed E-state index contributed by atoms with van der Waals surface area (Å²) < 4.78 is 63.8. The molecule has 1 amide bonds. The Hall–Kier alpha value is -2.66. The van der Waals surface area contributed by atoms with Crippen LogP contribution in [0.25, 0.3) is 0 Å². The van der Waals surface area contributed by atoms with Crippen molar-refractivity contribution in [1.82, 2.24) is 0 Å². The average molecular weight is 444 g/mol. The SMILES string of the molecule is CC(C(=O)Nc1cccc(N(C)S(C)(=O)=O)c1)N(c1ccccc1F)S(C)(=O)=O. The first-order chi connectivity index (χ1) is 13.3. The van der Waals surface area contributed by atoms with E-state index in [-0.39, 0.29) is 11.4 Å². The van der Waals surface area contributed by atoms with Gasteiger partial charge in [0, 0.05) is 12.7 Å². The monoisotopic (exact) mass is 443 g/mol. The van der Waals surface area contributed by atoms with E-state index in [9.17, 15) is 26.0 Å². The summed E-state index contributed by atoms with van der Waals surface area (Å²) in [6.07, 6.45) is 1.92. The van der Waals surface area contributed by atoms with Gasteiger partial charge < -0.3 is 5.32 Å². The molecule has 0 fully saturated rings. The fourth-order valence-electron chi connectivity index (χ4n) is 2.63. The second-order valence-electron chi connectivity index (χ2n) is 6.46. The smallest absolute Gasteiger partial charge is 0.247 e. The van der Waals surface area contributed by atoms with Gasteiger partial charge in [0.25, 0.3) is 0 Å². The number of sulfonamides is 2. The Morgan fingerprint density at radius 3 is 2.17 bits per heavy atom. The fourth-order valence-corrected chi connectivity index (χ4v) is 4.30. The van der Waals surface area contributed by atoms with Crippen LogP contribution in [-0.4, -0.2) is 48.3 Å². The number of rotatable bonds is 7. The lowest BCUT2D eigenvalue weighted by atomic mass is 10.2. The lowest BCUT2D eigenvalue weighted by Crippen LogP contribution is -2.45. The van der Waals surface area contributed by atoms with Crippen molar-refractivity contribution in [2.75, 3.05) is 33.5 Å². The first-order valence-corrected chi connectivity index (χ1v) is 12.1. The summed E-state index contributed by atoms with van der Waals surface area (Å²) in [6.45, 7) is 1.33. The molecule has 0 bridgehead atoms. The minimum atomic E-state index is -3.97. The van der Waals surface area contributed by atoms with Gasteiger partial charge in [-0.3, -0.25) is 13.4 Å². The third-order valence-corrected chi connectivity index (χ3v) is 6.59. The molecule has 0 saturated heterocycles. The van der Waals surface area contributed by atoms with Crippen molar-refractivity contribution in [2.45, 2.75) is 13.0 Å². The molecular formula is C18H22FN3O5S2. The van der Waals surface area contributed by atoms with Gasteiger partial charge in [-0.1, -0.05) is 18.2 Å². The van der Waals surface area contributed by atoms with E-state index in [1.54, 1.807) is 12.1 Å². The number of halogens is 1. The zero-order valence-electron chi connectivity index (χ0n) is 16.3. The molecule has 2 aromatic rings. The summed E-state index contributed by atoms with van der Waals surface area (Å²) in [4.78, 5) is 12.7. The number of hydrogen-bond acceptors (Lipinski definition) is 5. The van der Waals surface area contributed by atoms with Crippen LogP contribution < -0.4 is 13.9 Å². The molecule has 0 aliphatic heterocycles.